The second-order valence-electron chi connectivity index (χ2n) is 7.74. The number of hydrogen-bond acceptors (Lipinski definition) is 4. The fraction of sp³-hybridized carbons (Fsp3) is 0.154. The Balaban J connectivity index is 1.62. The molecule has 2 N–H and O–H groups in total. The number of anilines is 1. The minimum Gasteiger partial charge on any atom is -0.508 e. The Hall–Kier alpha value is -3.84. The number of ether oxygens (including phenoxy) is 1. The average Bonchev–Trinajstić information content (AvgIpc) is 3.45. The Kier molecular flexibility index (Phi) is 5.71. The predicted molar refractivity (Wildman–Crippen MR) is 133 cm³/mol. The van der Waals surface area contributed by atoms with Gasteiger partial charge in [-0.25, -0.2) is 0 Å². The van der Waals surface area contributed by atoms with Crippen LogP contribution in [0, 0.1) is 0 Å². The number of nitrogens with zero attached hydrogens (tertiary/aromatic N) is 3. The Morgan fingerprint density at radius 3 is 2.42 bits per heavy atom. The summed E-state index contributed by atoms with van der Waals surface area (Å²) in [5.41, 5.74) is 3.89. The number of rotatable bonds is 6. The van der Waals surface area contributed by atoms with Gasteiger partial charge in [0.2, 0.25) is 0 Å². The molecule has 0 aliphatic carbocycles. The van der Waals surface area contributed by atoms with Gasteiger partial charge in [0.25, 0.3) is 0 Å². The molecule has 33 heavy (non-hydrogen) atoms. The van der Waals surface area contributed by atoms with Crippen molar-refractivity contribution in [2.75, 3.05) is 11.5 Å². The number of benzene rings is 2. The van der Waals surface area contributed by atoms with Crippen LogP contribution in [0.15, 0.2) is 91.3 Å². The van der Waals surface area contributed by atoms with Gasteiger partial charge in [0.1, 0.15) is 17.5 Å². The van der Waals surface area contributed by atoms with E-state index in [1.54, 1.807) is 18.3 Å². The van der Waals surface area contributed by atoms with Crippen LogP contribution in [0.25, 0.3) is 5.69 Å². The first-order chi connectivity index (χ1) is 16.2. The number of hydrogen-bond donors (Lipinski definition) is 2. The van der Waals surface area contributed by atoms with Crippen molar-refractivity contribution in [3.05, 3.63) is 103 Å². The third-order valence-electron chi connectivity index (χ3n) is 5.74. The van der Waals surface area contributed by atoms with Gasteiger partial charge in [0.15, 0.2) is 5.11 Å². The molecule has 2 atom stereocenters. The van der Waals surface area contributed by atoms with Crippen LogP contribution in [0.2, 0.25) is 0 Å². The zero-order valence-corrected chi connectivity index (χ0v) is 18.9. The highest BCUT2D eigenvalue weighted by atomic mass is 32.1. The highest BCUT2D eigenvalue weighted by Crippen LogP contribution is 2.42. The average molecular weight is 457 g/mol. The molecule has 2 aromatic heterocycles. The Morgan fingerprint density at radius 2 is 1.73 bits per heavy atom. The second-order valence-corrected chi connectivity index (χ2v) is 8.13. The zero-order valence-electron chi connectivity index (χ0n) is 18.1. The van der Waals surface area contributed by atoms with E-state index in [9.17, 15) is 5.11 Å². The molecular weight excluding hydrogens is 432 g/mol. The third-order valence-corrected chi connectivity index (χ3v) is 6.05. The molecule has 7 heteroatoms. The summed E-state index contributed by atoms with van der Waals surface area (Å²) in [5, 5.41) is 13.9. The quantitative estimate of drug-likeness (QED) is 0.391. The molecule has 0 radical (unpaired) electrons. The summed E-state index contributed by atoms with van der Waals surface area (Å²) in [7, 11) is 0. The summed E-state index contributed by atoms with van der Waals surface area (Å²) >= 11 is 5.83. The lowest BCUT2D eigenvalue weighted by atomic mass is 10.0. The molecule has 5 rings (SSSR count). The smallest absolute Gasteiger partial charge is 0.174 e. The molecule has 1 aliphatic heterocycles. The Labute approximate surface area is 198 Å². The van der Waals surface area contributed by atoms with Gasteiger partial charge in [0.05, 0.1) is 18.3 Å². The summed E-state index contributed by atoms with van der Waals surface area (Å²) in [6.45, 7) is 2.59. The standard InChI is InChI=1S/C26H24N4O2S/c1-2-32-21-14-10-19(11-15-21)30-25(24(28-26(30)33)22-6-3-4-16-27-22)23-7-5-17-29(23)18-8-12-20(31)13-9-18/h3-17,24-25,31H,2H2,1H3,(H,28,33)/t24-,25+/m0/s1. The SMILES string of the molecule is CCOc1ccc(N2C(=S)N[C@@H](c3ccccn3)[C@H]2c2cccn2-c2ccc(O)cc2)cc1. The molecule has 0 unspecified atom stereocenters. The van der Waals surface area contributed by atoms with Crippen LogP contribution in [-0.2, 0) is 0 Å². The molecule has 4 aromatic rings. The van der Waals surface area contributed by atoms with Crippen molar-refractivity contribution in [3.63, 3.8) is 0 Å². The number of aromatic nitrogens is 2. The van der Waals surface area contributed by atoms with E-state index in [0.717, 1.165) is 28.5 Å². The van der Waals surface area contributed by atoms with E-state index in [4.69, 9.17) is 17.0 Å². The van der Waals surface area contributed by atoms with E-state index in [1.807, 2.05) is 73.8 Å². The Morgan fingerprint density at radius 1 is 0.970 bits per heavy atom. The lowest BCUT2D eigenvalue weighted by Crippen LogP contribution is -2.30. The molecule has 1 aliphatic rings. The number of pyridine rings is 1. The van der Waals surface area contributed by atoms with Crippen LogP contribution in [-0.4, -0.2) is 26.4 Å². The van der Waals surface area contributed by atoms with E-state index >= 15 is 0 Å². The lowest BCUT2D eigenvalue weighted by Gasteiger charge is -2.29. The highest BCUT2D eigenvalue weighted by molar-refractivity contribution is 7.80. The van der Waals surface area contributed by atoms with Crippen molar-refractivity contribution in [3.8, 4) is 17.2 Å². The summed E-state index contributed by atoms with van der Waals surface area (Å²) < 4.78 is 7.75. The van der Waals surface area contributed by atoms with Crippen LogP contribution in [0.3, 0.4) is 0 Å². The normalized spacial score (nSPS) is 17.7. The van der Waals surface area contributed by atoms with E-state index in [0.29, 0.717) is 11.7 Å². The summed E-state index contributed by atoms with van der Waals surface area (Å²) in [6.07, 6.45) is 3.82. The zero-order chi connectivity index (χ0) is 22.8. The summed E-state index contributed by atoms with van der Waals surface area (Å²) in [4.78, 5) is 6.76. The number of aromatic hydroxyl groups is 1. The molecule has 1 fully saturated rings. The van der Waals surface area contributed by atoms with Gasteiger partial charge >= 0.3 is 0 Å². The van der Waals surface area contributed by atoms with Crippen molar-refractivity contribution in [1.29, 1.82) is 0 Å². The molecule has 6 nitrogen and oxygen atoms in total. The maximum atomic E-state index is 9.75. The molecule has 2 aromatic carbocycles. The third kappa shape index (κ3) is 4.03. The molecule has 1 saturated heterocycles. The van der Waals surface area contributed by atoms with E-state index in [2.05, 4.69) is 25.8 Å². The first kappa shape index (κ1) is 21.0. The first-order valence-electron chi connectivity index (χ1n) is 10.9. The maximum Gasteiger partial charge on any atom is 0.174 e. The molecule has 0 bridgehead atoms. The minimum atomic E-state index is -0.144. The maximum absolute atomic E-state index is 9.75. The highest BCUT2D eigenvalue weighted by Gasteiger charge is 2.42. The fourth-order valence-corrected chi connectivity index (χ4v) is 4.63. The van der Waals surface area contributed by atoms with E-state index in [1.165, 1.54) is 0 Å². The second kappa shape index (κ2) is 8.96. The fourth-order valence-electron chi connectivity index (χ4n) is 4.29. The monoisotopic (exact) mass is 456 g/mol. The van der Waals surface area contributed by atoms with Crippen LogP contribution < -0.4 is 15.0 Å². The molecule has 0 amide bonds. The van der Waals surface area contributed by atoms with Crippen LogP contribution >= 0.6 is 12.2 Å². The van der Waals surface area contributed by atoms with Crippen molar-refractivity contribution in [1.82, 2.24) is 14.9 Å². The number of phenols is 1. The number of phenolic OH excluding ortho intramolecular Hbond substituents is 1. The molecule has 0 saturated carbocycles. The summed E-state index contributed by atoms with van der Waals surface area (Å²) in [6, 6.07) is 24.9. The van der Waals surface area contributed by atoms with Crippen molar-refractivity contribution in [2.45, 2.75) is 19.0 Å². The molecule has 3 heterocycles. The summed E-state index contributed by atoms with van der Waals surface area (Å²) in [5.74, 6) is 1.06. The largest absolute Gasteiger partial charge is 0.508 e. The first-order valence-corrected chi connectivity index (χ1v) is 11.3. The van der Waals surface area contributed by atoms with Gasteiger partial charge in [0, 0.05) is 29.5 Å². The van der Waals surface area contributed by atoms with Gasteiger partial charge in [-0.1, -0.05) is 6.07 Å². The van der Waals surface area contributed by atoms with Gasteiger partial charge in [-0.2, -0.15) is 0 Å². The van der Waals surface area contributed by atoms with Gasteiger partial charge in [-0.15, -0.1) is 0 Å². The molecule has 0 spiro atoms. The van der Waals surface area contributed by atoms with Gasteiger partial charge in [-0.3, -0.25) is 4.98 Å². The van der Waals surface area contributed by atoms with E-state index < -0.39 is 0 Å². The van der Waals surface area contributed by atoms with Crippen molar-refractivity contribution in [2.24, 2.45) is 0 Å². The van der Waals surface area contributed by atoms with Crippen LogP contribution in [0.1, 0.15) is 30.4 Å². The number of thiocarbonyl (C=S) groups is 1. The molecule has 166 valence electrons. The lowest BCUT2D eigenvalue weighted by molar-refractivity contribution is 0.340. The topological polar surface area (TPSA) is 62.5 Å². The van der Waals surface area contributed by atoms with Gasteiger partial charge in [-0.05, 0) is 91.9 Å². The molecular formula is C26H24N4O2S. The van der Waals surface area contributed by atoms with Crippen LogP contribution in [0.4, 0.5) is 5.69 Å². The predicted octanol–water partition coefficient (Wildman–Crippen LogP) is 5.15. The van der Waals surface area contributed by atoms with E-state index in [-0.39, 0.29) is 17.8 Å². The number of nitrogens with one attached hydrogen (secondary N) is 1. The Bertz CT molecular complexity index is 1240. The van der Waals surface area contributed by atoms with Crippen molar-refractivity contribution >= 4 is 23.0 Å². The minimum absolute atomic E-state index is 0.143. The van der Waals surface area contributed by atoms with Gasteiger partial charge < -0.3 is 24.6 Å². The van der Waals surface area contributed by atoms with Crippen molar-refractivity contribution < 1.29 is 9.84 Å². The van der Waals surface area contributed by atoms with Crippen LogP contribution in [0.5, 0.6) is 11.5 Å².